The monoisotopic (exact) mass is 252 g/mol. The van der Waals surface area contributed by atoms with Crippen molar-refractivity contribution in [1.29, 1.82) is 0 Å². The van der Waals surface area contributed by atoms with Gasteiger partial charge in [0.1, 0.15) is 5.75 Å². The van der Waals surface area contributed by atoms with Gasteiger partial charge in [0, 0.05) is 11.3 Å². The fourth-order valence-corrected chi connectivity index (χ4v) is 2.35. The summed E-state index contributed by atoms with van der Waals surface area (Å²) in [5.74, 6) is 0.237. The molecule has 1 aromatic rings. The van der Waals surface area contributed by atoms with E-state index in [1.54, 1.807) is 24.3 Å². The molecule has 0 aliphatic heterocycles. The highest BCUT2D eigenvalue weighted by atomic mass is 32.2. The third-order valence-electron chi connectivity index (χ3n) is 2.55. The van der Waals surface area contributed by atoms with Crippen molar-refractivity contribution in [2.45, 2.75) is 50.3 Å². The number of carbonyl (C=O) groups is 1. The number of thioether (sulfide) groups is 1. The van der Waals surface area contributed by atoms with E-state index in [2.05, 4.69) is 6.92 Å². The maximum absolute atomic E-state index is 11.6. The van der Waals surface area contributed by atoms with Gasteiger partial charge in [-0.2, -0.15) is 0 Å². The van der Waals surface area contributed by atoms with Crippen molar-refractivity contribution in [3.05, 3.63) is 24.3 Å². The third-order valence-corrected chi connectivity index (χ3v) is 3.49. The zero-order valence-electron chi connectivity index (χ0n) is 10.3. The van der Waals surface area contributed by atoms with Crippen LogP contribution >= 0.6 is 11.8 Å². The number of hydrogen-bond acceptors (Lipinski definition) is 3. The zero-order valence-corrected chi connectivity index (χ0v) is 11.1. The summed E-state index contributed by atoms with van der Waals surface area (Å²) in [4.78, 5) is 12.5. The molecule has 0 amide bonds. The lowest BCUT2D eigenvalue weighted by Crippen LogP contribution is -1.91. The predicted octanol–water partition coefficient (Wildman–Crippen LogP) is 4.37. The summed E-state index contributed by atoms with van der Waals surface area (Å²) in [5.41, 5.74) is 0. The first-order valence-electron chi connectivity index (χ1n) is 6.22. The second kappa shape index (κ2) is 8.18. The molecule has 0 fully saturated rings. The Balaban J connectivity index is 2.18. The number of rotatable bonds is 7. The van der Waals surface area contributed by atoms with Crippen LogP contribution in [0.3, 0.4) is 0 Å². The Bertz CT molecular complexity index is 333. The van der Waals surface area contributed by atoms with E-state index in [0.29, 0.717) is 6.42 Å². The third kappa shape index (κ3) is 6.37. The maximum atomic E-state index is 11.6. The average molecular weight is 252 g/mol. The Morgan fingerprint density at radius 1 is 1.12 bits per heavy atom. The Morgan fingerprint density at radius 2 is 1.76 bits per heavy atom. The molecule has 0 saturated heterocycles. The maximum Gasteiger partial charge on any atom is 0.193 e. The molecule has 3 heteroatoms. The Hall–Kier alpha value is -0.960. The molecule has 1 N–H and O–H groups in total. The Labute approximate surface area is 107 Å². The molecule has 0 bridgehead atoms. The summed E-state index contributed by atoms with van der Waals surface area (Å²) in [6.07, 6.45) is 6.51. The lowest BCUT2D eigenvalue weighted by atomic mass is 10.1. The minimum Gasteiger partial charge on any atom is -0.508 e. The fourth-order valence-electron chi connectivity index (χ4n) is 1.57. The molecule has 0 spiro atoms. The molecule has 0 atom stereocenters. The Morgan fingerprint density at radius 3 is 2.41 bits per heavy atom. The van der Waals surface area contributed by atoms with Crippen molar-refractivity contribution in [2.24, 2.45) is 0 Å². The average Bonchev–Trinajstić information content (AvgIpc) is 2.32. The second-order valence-electron chi connectivity index (χ2n) is 4.13. The van der Waals surface area contributed by atoms with Crippen LogP contribution in [-0.2, 0) is 4.79 Å². The van der Waals surface area contributed by atoms with Crippen LogP contribution in [-0.4, -0.2) is 10.2 Å². The first kappa shape index (κ1) is 14.1. The predicted molar refractivity (Wildman–Crippen MR) is 72.3 cm³/mol. The topological polar surface area (TPSA) is 37.3 Å². The van der Waals surface area contributed by atoms with Gasteiger partial charge in [0.05, 0.1) is 0 Å². The number of unbranched alkanes of at least 4 members (excludes halogenated alkanes) is 4. The number of carbonyl (C=O) groups excluding carboxylic acids is 1. The van der Waals surface area contributed by atoms with Crippen molar-refractivity contribution in [3.8, 4) is 5.75 Å². The van der Waals surface area contributed by atoms with Crippen LogP contribution in [0.5, 0.6) is 5.75 Å². The van der Waals surface area contributed by atoms with Gasteiger partial charge < -0.3 is 5.11 Å². The molecular formula is C14H20O2S. The quantitative estimate of drug-likeness (QED) is 0.578. The zero-order chi connectivity index (χ0) is 12.5. The molecule has 0 unspecified atom stereocenters. The summed E-state index contributed by atoms with van der Waals surface area (Å²) < 4.78 is 0. The smallest absolute Gasteiger partial charge is 0.193 e. The van der Waals surface area contributed by atoms with Crippen LogP contribution < -0.4 is 0 Å². The summed E-state index contributed by atoms with van der Waals surface area (Å²) in [5, 5.41) is 9.34. The van der Waals surface area contributed by atoms with E-state index < -0.39 is 0 Å². The van der Waals surface area contributed by atoms with Crippen LogP contribution in [0, 0.1) is 0 Å². The SMILES string of the molecule is CCCCCCCC(=O)Sc1ccc(O)cc1. The molecular weight excluding hydrogens is 232 g/mol. The van der Waals surface area contributed by atoms with Gasteiger partial charge in [-0.05, 0) is 30.7 Å². The van der Waals surface area contributed by atoms with Gasteiger partial charge in [0.2, 0.25) is 0 Å². The normalized spacial score (nSPS) is 10.4. The summed E-state index contributed by atoms with van der Waals surface area (Å²) >= 11 is 1.27. The van der Waals surface area contributed by atoms with Gasteiger partial charge in [-0.3, -0.25) is 4.79 Å². The summed E-state index contributed by atoms with van der Waals surface area (Å²) in [6, 6.07) is 6.76. The van der Waals surface area contributed by atoms with E-state index in [-0.39, 0.29) is 10.9 Å². The van der Waals surface area contributed by atoms with Gasteiger partial charge in [0.15, 0.2) is 5.12 Å². The molecule has 0 saturated carbocycles. The van der Waals surface area contributed by atoms with Crippen LogP contribution in [0.2, 0.25) is 0 Å². The molecule has 17 heavy (non-hydrogen) atoms. The van der Waals surface area contributed by atoms with Gasteiger partial charge in [-0.25, -0.2) is 0 Å². The van der Waals surface area contributed by atoms with E-state index in [1.165, 1.54) is 31.0 Å². The number of benzene rings is 1. The number of aromatic hydroxyl groups is 1. The van der Waals surface area contributed by atoms with Gasteiger partial charge in [0.25, 0.3) is 0 Å². The molecule has 2 nitrogen and oxygen atoms in total. The van der Waals surface area contributed by atoms with E-state index in [0.717, 1.165) is 17.7 Å². The van der Waals surface area contributed by atoms with Crippen molar-refractivity contribution < 1.29 is 9.90 Å². The second-order valence-corrected chi connectivity index (χ2v) is 5.26. The summed E-state index contributed by atoms with van der Waals surface area (Å²) in [6.45, 7) is 2.19. The number of phenols is 1. The minimum absolute atomic E-state index is 0.215. The van der Waals surface area contributed by atoms with Gasteiger partial charge in [-0.15, -0.1) is 0 Å². The molecule has 1 aromatic carbocycles. The lowest BCUT2D eigenvalue weighted by molar-refractivity contribution is -0.111. The van der Waals surface area contributed by atoms with Gasteiger partial charge in [-0.1, -0.05) is 44.4 Å². The summed E-state index contributed by atoms with van der Waals surface area (Å²) in [7, 11) is 0. The fraction of sp³-hybridized carbons (Fsp3) is 0.500. The highest BCUT2D eigenvalue weighted by Gasteiger charge is 2.04. The molecule has 0 aromatic heterocycles. The lowest BCUT2D eigenvalue weighted by Gasteiger charge is -2.01. The van der Waals surface area contributed by atoms with Crippen molar-refractivity contribution in [1.82, 2.24) is 0 Å². The molecule has 0 aliphatic carbocycles. The Kier molecular flexibility index (Phi) is 6.78. The van der Waals surface area contributed by atoms with Crippen molar-refractivity contribution in [3.63, 3.8) is 0 Å². The standard InChI is InChI=1S/C14H20O2S/c1-2-3-4-5-6-7-14(16)17-13-10-8-12(15)9-11-13/h8-11,15H,2-7H2,1H3. The van der Waals surface area contributed by atoms with Crippen LogP contribution in [0.4, 0.5) is 0 Å². The van der Waals surface area contributed by atoms with E-state index >= 15 is 0 Å². The largest absolute Gasteiger partial charge is 0.508 e. The van der Waals surface area contributed by atoms with Gasteiger partial charge >= 0.3 is 0 Å². The van der Waals surface area contributed by atoms with Crippen LogP contribution in [0.25, 0.3) is 0 Å². The number of hydrogen-bond donors (Lipinski definition) is 1. The van der Waals surface area contributed by atoms with Crippen LogP contribution in [0.15, 0.2) is 29.2 Å². The minimum atomic E-state index is 0.215. The first-order valence-corrected chi connectivity index (χ1v) is 7.03. The van der Waals surface area contributed by atoms with E-state index in [1.807, 2.05) is 0 Å². The highest BCUT2D eigenvalue weighted by Crippen LogP contribution is 2.23. The first-order chi connectivity index (χ1) is 8.22. The molecule has 0 radical (unpaired) electrons. The van der Waals surface area contributed by atoms with E-state index in [4.69, 9.17) is 5.11 Å². The molecule has 1 rings (SSSR count). The van der Waals surface area contributed by atoms with Crippen molar-refractivity contribution >= 4 is 16.9 Å². The van der Waals surface area contributed by atoms with E-state index in [9.17, 15) is 4.79 Å². The molecule has 0 heterocycles. The highest BCUT2D eigenvalue weighted by molar-refractivity contribution is 8.13. The van der Waals surface area contributed by atoms with Crippen molar-refractivity contribution in [2.75, 3.05) is 0 Å². The van der Waals surface area contributed by atoms with Crippen LogP contribution in [0.1, 0.15) is 45.4 Å². The molecule has 0 aliphatic rings. The molecule has 94 valence electrons. The number of phenolic OH excluding ortho intramolecular Hbond substituents is 1.